The Morgan fingerprint density at radius 1 is 0.793 bits per heavy atom. The predicted molar refractivity (Wildman–Crippen MR) is 71.2 cm³/mol. The first kappa shape index (κ1) is 26.1. The second-order valence-corrected chi connectivity index (χ2v) is 6.28. The van der Waals surface area contributed by atoms with Crippen LogP contribution in [0.15, 0.2) is 0 Å². The number of hydrogen-bond acceptors (Lipinski definition) is 7. The molecule has 0 bridgehead atoms. The van der Waals surface area contributed by atoms with E-state index in [0.29, 0.717) is 0 Å². The van der Waals surface area contributed by atoms with Gasteiger partial charge in [-0.25, -0.2) is 0 Å². The SMILES string of the molecule is OC(COC[C@H]1OC(O)[C@H](O)[C@@H](O)[C@H]1O)CC(F)(F)C(F)(F)C(F)(F)C(F)(F)F. The molecule has 16 heteroatoms. The molecule has 0 saturated carbocycles. The van der Waals surface area contributed by atoms with E-state index >= 15 is 0 Å². The highest BCUT2D eigenvalue weighted by atomic mass is 19.4. The van der Waals surface area contributed by atoms with E-state index in [4.69, 9.17) is 0 Å². The highest BCUT2D eigenvalue weighted by Crippen LogP contribution is 2.54. The van der Waals surface area contributed by atoms with E-state index < -0.39 is 80.4 Å². The third kappa shape index (κ3) is 5.23. The minimum absolute atomic E-state index is 0.875. The molecule has 5 N–H and O–H groups in total. The van der Waals surface area contributed by atoms with Crippen LogP contribution >= 0.6 is 0 Å². The molecule has 7 nitrogen and oxygen atoms in total. The summed E-state index contributed by atoms with van der Waals surface area (Å²) in [5.74, 6) is -20.0. The number of hydrogen-bond donors (Lipinski definition) is 5. The van der Waals surface area contributed by atoms with E-state index in [1.807, 2.05) is 0 Å². The summed E-state index contributed by atoms with van der Waals surface area (Å²) in [5.41, 5.74) is 0. The monoisotopic (exact) mass is 456 g/mol. The van der Waals surface area contributed by atoms with Crippen LogP contribution in [0.5, 0.6) is 0 Å². The molecule has 2 unspecified atom stereocenters. The van der Waals surface area contributed by atoms with Crippen molar-refractivity contribution in [2.24, 2.45) is 0 Å². The lowest BCUT2D eigenvalue weighted by molar-refractivity contribution is -0.398. The summed E-state index contributed by atoms with van der Waals surface area (Å²) in [6, 6.07) is 0. The van der Waals surface area contributed by atoms with Gasteiger partial charge in [0.2, 0.25) is 0 Å². The van der Waals surface area contributed by atoms with Gasteiger partial charge in [-0.05, 0) is 0 Å². The summed E-state index contributed by atoms with van der Waals surface area (Å²) in [6.07, 6.45) is -21.5. The largest absolute Gasteiger partial charge is 0.460 e. The zero-order valence-corrected chi connectivity index (χ0v) is 14.0. The van der Waals surface area contributed by atoms with E-state index in [9.17, 15) is 65.0 Å². The summed E-state index contributed by atoms with van der Waals surface area (Å²) in [7, 11) is 0. The Morgan fingerprint density at radius 2 is 1.31 bits per heavy atom. The Balaban J connectivity index is 2.66. The van der Waals surface area contributed by atoms with E-state index in [0.717, 1.165) is 0 Å². The van der Waals surface area contributed by atoms with Gasteiger partial charge in [0, 0.05) is 6.42 Å². The van der Waals surface area contributed by atoms with Crippen LogP contribution in [0.4, 0.5) is 39.5 Å². The van der Waals surface area contributed by atoms with Gasteiger partial charge in [0.25, 0.3) is 0 Å². The van der Waals surface area contributed by atoms with Crippen molar-refractivity contribution in [3.63, 3.8) is 0 Å². The Hall–Kier alpha value is -0.910. The van der Waals surface area contributed by atoms with Crippen molar-refractivity contribution in [3.8, 4) is 0 Å². The van der Waals surface area contributed by atoms with Gasteiger partial charge in [-0.2, -0.15) is 39.5 Å². The van der Waals surface area contributed by atoms with E-state index in [1.54, 1.807) is 0 Å². The van der Waals surface area contributed by atoms with Crippen molar-refractivity contribution in [2.75, 3.05) is 13.2 Å². The Kier molecular flexibility index (Phi) is 7.82. The first-order valence-corrected chi connectivity index (χ1v) is 7.70. The quantitative estimate of drug-likeness (QED) is 0.327. The molecular formula is C13H17F9O7. The Labute approximate surface area is 156 Å². The fraction of sp³-hybridized carbons (Fsp3) is 1.00. The van der Waals surface area contributed by atoms with Crippen molar-refractivity contribution >= 4 is 0 Å². The van der Waals surface area contributed by atoms with Crippen molar-refractivity contribution in [1.82, 2.24) is 0 Å². The maximum Gasteiger partial charge on any atom is 0.460 e. The lowest BCUT2D eigenvalue weighted by atomic mass is 9.98. The van der Waals surface area contributed by atoms with Crippen molar-refractivity contribution in [1.29, 1.82) is 0 Å². The van der Waals surface area contributed by atoms with Crippen LogP contribution in [0.2, 0.25) is 0 Å². The zero-order valence-electron chi connectivity index (χ0n) is 14.0. The lowest BCUT2D eigenvalue weighted by Crippen LogP contribution is -2.61. The third-order valence-electron chi connectivity index (χ3n) is 3.98. The van der Waals surface area contributed by atoms with E-state index in [2.05, 4.69) is 9.47 Å². The lowest BCUT2D eigenvalue weighted by Gasteiger charge is -2.38. The molecule has 0 amide bonds. The van der Waals surface area contributed by atoms with Gasteiger partial charge in [-0.15, -0.1) is 0 Å². The van der Waals surface area contributed by atoms with Gasteiger partial charge in [0.1, 0.15) is 24.4 Å². The zero-order chi connectivity index (χ0) is 23.0. The number of aliphatic hydroxyl groups excluding tert-OH is 5. The van der Waals surface area contributed by atoms with Gasteiger partial charge < -0.3 is 35.0 Å². The Bertz CT molecular complexity index is 545. The molecule has 0 aliphatic carbocycles. The molecule has 0 radical (unpaired) electrons. The van der Waals surface area contributed by atoms with Crippen LogP contribution in [0, 0.1) is 0 Å². The molecule has 29 heavy (non-hydrogen) atoms. The summed E-state index contributed by atoms with van der Waals surface area (Å²) in [6.45, 7) is -2.18. The average molecular weight is 456 g/mol. The fourth-order valence-corrected chi connectivity index (χ4v) is 2.28. The molecule has 0 spiro atoms. The fourth-order valence-electron chi connectivity index (χ4n) is 2.28. The topological polar surface area (TPSA) is 120 Å². The van der Waals surface area contributed by atoms with E-state index in [-0.39, 0.29) is 0 Å². The average Bonchev–Trinajstić information content (AvgIpc) is 2.55. The van der Waals surface area contributed by atoms with Gasteiger partial charge in [-0.3, -0.25) is 0 Å². The predicted octanol–water partition coefficient (Wildman–Crippen LogP) is 0.0221. The van der Waals surface area contributed by atoms with Gasteiger partial charge in [0.15, 0.2) is 6.29 Å². The Morgan fingerprint density at radius 3 is 1.79 bits per heavy atom. The number of aliphatic hydroxyl groups is 5. The van der Waals surface area contributed by atoms with Gasteiger partial charge in [-0.1, -0.05) is 0 Å². The van der Waals surface area contributed by atoms with Gasteiger partial charge in [0.05, 0.1) is 19.3 Å². The van der Waals surface area contributed by atoms with Crippen molar-refractivity contribution in [2.45, 2.75) is 67.2 Å². The van der Waals surface area contributed by atoms with Crippen LogP contribution in [0.1, 0.15) is 6.42 Å². The molecule has 0 aromatic carbocycles. The molecular weight excluding hydrogens is 439 g/mol. The van der Waals surface area contributed by atoms with E-state index in [1.165, 1.54) is 0 Å². The van der Waals surface area contributed by atoms with Crippen LogP contribution in [-0.2, 0) is 9.47 Å². The molecule has 0 aromatic heterocycles. The standard InChI is InChI=1S/C13H17F9O7/c14-10(15,11(16,17)12(18,19)13(20,21)22)1-4(23)2-28-3-5-6(24)7(25)8(26)9(27)29-5/h4-9,23-27H,1-3H2/t4?,5-,6+,7+,8-,9?/m1/s1. The molecule has 0 aromatic rings. The summed E-state index contributed by atoms with van der Waals surface area (Å²) in [5, 5.41) is 46.6. The van der Waals surface area contributed by atoms with Crippen LogP contribution in [0.25, 0.3) is 0 Å². The summed E-state index contributed by atoms with van der Waals surface area (Å²) < 4.78 is 123. The molecule has 1 saturated heterocycles. The minimum atomic E-state index is -7.09. The highest BCUT2D eigenvalue weighted by molar-refractivity contribution is 5.01. The smallest absolute Gasteiger partial charge is 0.390 e. The number of rotatable bonds is 8. The summed E-state index contributed by atoms with van der Waals surface area (Å²) in [4.78, 5) is 0. The molecule has 1 aliphatic rings. The number of alkyl halides is 9. The molecule has 174 valence electrons. The molecule has 1 rings (SSSR count). The van der Waals surface area contributed by atoms with Gasteiger partial charge >= 0.3 is 23.9 Å². The second kappa shape index (κ2) is 8.68. The summed E-state index contributed by atoms with van der Waals surface area (Å²) >= 11 is 0. The van der Waals surface area contributed by atoms with Crippen LogP contribution < -0.4 is 0 Å². The minimum Gasteiger partial charge on any atom is -0.390 e. The molecule has 1 fully saturated rings. The highest BCUT2D eigenvalue weighted by Gasteiger charge is 2.81. The molecule has 1 heterocycles. The van der Waals surface area contributed by atoms with Crippen molar-refractivity contribution < 1.29 is 74.5 Å². The maximum absolute atomic E-state index is 13.4. The number of halogens is 9. The second-order valence-electron chi connectivity index (χ2n) is 6.28. The molecule has 1 aliphatic heterocycles. The number of ether oxygens (including phenoxy) is 2. The third-order valence-corrected chi connectivity index (χ3v) is 3.98. The molecule has 6 atom stereocenters. The van der Waals surface area contributed by atoms with Crippen molar-refractivity contribution in [3.05, 3.63) is 0 Å². The van der Waals surface area contributed by atoms with Crippen LogP contribution in [-0.4, -0.2) is 99.5 Å². The normalized spacial score (nSPS) is 31.0. The first-order chi connectivity index (χ1) is 12.9. The van der Waals surface area contributed by atoms with Crippen LogP contribution in [0.3, 0.4) is 0 Å². The first-order valence-electron chi connectivity index (χ1n) is 7.70. The maximum atomic E-state index is 13.4.